The minimum Gasteiger partial charge on any atom is -0.479 e. The van der Waals surface area contributed by atoms with E-state index in [1.165, 1.54) is 37.2 Å². The van der Waals surface area contributed by atoms with Crippen LogP contribution in [0.3, 0.4) is 0 Å². The molecule has 0 aliphatic heterocycles. The summed E-state index contributed by atoms with van der Waals surface area (Å²) in [6.45, 7) is -0.441. The van der Waals surface area contributed by atoms with Crippen LogP contribution in [0.5, 0.6) is 5.88 Å². The van der Waals surface area contributed by atoms with Gasteiger partial charge in [-0.05, 0) is 12.1 Å². The van der Waals surface area contributed by atoms with E-state index in [0.717, 1.165) is 17.0 Å². The van der Waals surface area contributed by atoms with Gasteiger partial charge in [0.2, 0.25) is 11.8 Å². The van der Waals surface area contributed by atoms with Crippen LogP contribution in [0.15, 0.2) is 30.5 Å². The molecule has 1 N–H and O–H groups in total. The van der Waals surface area contributed by atoms with E-state index < -0.39 is 30.1 Å². The van der Waals surface area contributed by atoms with Gasteiger partial charge in [0, 0.05) is 20.3 Å². The first kappa shape index (κ1) is 19.3. The smallest absolute Gasteiger partial charge is 0.418 e. The number of carbonyl (C=O) groups is 2. The highest BCUT2D eigenvalue weighted by Crippen LogP contribution is 2.34. The number of aromatic nitrogens is 2. The highest BCUT2D eigenvalue weighted by atomic mass is 19.4. The topological polar surface area (TPSA) is 76.5 Å². The van der Waals surface area contributed by atoms with E-state index >= 15 is 0 Å². The van der Waals surface area contributed by atoms with Crippen molar-refractivity contribution in [2.75, 3.05) is 26.0 Å². The van der Waals surface area contributed by atoms with Crippen molar-refractivity contribution in [1.82, 2.24) is 14.7 Å². The van der Waals surface area contributed by atoms with Gasteiger partial charge in [-0.3, -0.25) is 14.3 Å². The predicted molar refractivity (Wildman–Crippen MR) is 86.8 cm³/mol. The van der Waals surface area contributed by atoms with Crippen LogP contribution >= 0.6 is 0 Å². The van der Waals surface area contributed by atoms with Gasteiger partial charge >= 0.3 is 6.18 Å². The molecule has 0 radical (unpaired) electrons. The molecule has 0 saturated carbocycles. The molecule has 1 aromatic heterocycles. The van der Waals surface area contributed by atoms with Crippen molar-refractivity contribution in [2.45, 2.75) is 6.18 Å². The number of ether oxygens (including phenoxy) is 1. The van der Waals surface area contributed by atoms with Crippen LogP contribution in [-0.2, 0) is 18.0 Å². The zero-order valence-corrected chi connectivity index (χ0v) is 14.3. The number of benzene rings is 1. The molecule has 0 spiro atoms. The number of hydrogen-bond donors (Lipinski definition) is 1. The quantitative estimate of drug-likeness (QED) is 0.875. The van der Waals surface area contributed by atoms with Crippen LogP contribution in [0, 0.1) is 0 Å². The summed E-state index contributed by atoms with van der Waals surface area (Å²) in [7, 11) is 4.30. The first-order chi connectivity index (χ1) is 12.1. The van der Waals surface area contributed by atoms with Gasteiger partial charge in [-0.15, -0.1) is 5.10 Å². The first-order valence-corrected chi connectivity index (χ1v) is 7.42. The average Bonchev–Trinajstić information content (AvgIpc) is 2.94. The second-order valence-electron chi connectivity index (χ2n) is 5.48. The Bertz CT molecular complexity index is 817. The van der Waals surface area contributed by atoms with Crippen molar-refractivity contribution in [3.8, 4) is 5.88 Å². The monoisotopic (exact) mass is 370 g/mol. The number of para-hydroxylation sites is 1. The minimum atomic E-state index is -4.60. The van der Waals surface area contributed by atoms with Crippen LogP contribution in [0.2, 0.25) is 0 Å². The second-order valence-corrected chi connectivity index (χ2v) is 5.48. The fourth-order valence-corrected chi connectivity index (χ4v) is 2.29. The largest absolute Gasteiger partial charge is 0.479 e. The maximum absolute atomic E-state index is 13.0. The second kappa shape index (κ2) is 7.46. The van der Waals surface area contributed by atoms with Crippen molar-refractivity contribution >= 4 is 17.5 Å². The van der Waals surface area contributed by atoms with E-state index in [-0.39, 0.29) is 17.1 Å². The summed E-state index contributed by atoms with van der Waals surface area (Å²) in [5.41, 5.74) is -1.19. The molecule has 1 heterocycles. The van der Waals surface area contributed by atoms with E-state index in [4.69, 9.17) is 4.74 Å². The molecule has 7 nitrogen and oxygen atoms in total. The first-order valence-electron chi connectivity index (χ1n) is 7.42. The molecule has 0 atom stereocenters. The number of aryl methyl sites for hydroxylation is 1. The fraction of sp³-hybridized carbons (Fsp3) is 0.312. The Kier molecular flexibility index (Phi) is 5.53. The van der Waals surface area contributed by atoms with Gasteiger partial charge in [0.1, 0.15) is 5.56 Å². The lowest BCUT2D eigenvalue weighted by atomic mass is 10.1. The highest BCUT2D eigenvalue weighted by molar-refractivity contribution is 6.00. The highest BCUT2D eigenvalue weighted by Gasteiger charge is 2.33. The molecule has 10 heteroatoms. The molecular formula is C16H17F3N4O3. The van der Waals surface area contributed by atoms with E-state index in [9.17, 15) is 22.8 Å². The normalized spacial score (nSPS) is 11.2. The molecule has 0 saturated heterocycles. The molecule has 1 aromatic carbocycles. The molecule has 2 rings (SSSR count). The number of hydrogen-bond acceptors (Lipinski definition) is 4. The fourth-order valence-electron chi connectivity index (χ4n) is 2.29. The Morgan fingerprint density at radius 1 is 1.31 bits per heavy atom. The molecule has 2 aromatic rings. The van der Waals surface area contributed by atoms with Crippen molar-refractivity contribution in [3.63, 3.8) is 0 Å². The van der Waals surface area contributed by atoms with E-state index in [0.29, 0.717) is 0 Å². The Morgan fingerprint density at radius 2 is 1.96 bits per heavy atom. The molecule has 0 aliphatic rings. The standard InChI is InChI=1S/C16H17F3N4O3/c1-22(15(25)10-8-23(2)21-14(10)26-3)9-13(24)20-12-7-5-4-6-11(12)16(17,18)19/h4-8H,9H2,1-3H3,(H,20,24). The Balaban J connectivity index is 2.09. The Labute approximate surface area is 147 Å². The predicted octanol–water partition coefficient (Wildman–Crippen LogP) is 2.16. The van der Waals surface area contributed by atoms with Crippen molar-refractivity contribution in [3.05, 3.63) is 41.6 Å². The third kappa shape index (κ3) is 4.32. The number of halogens is 3. The molecule has 0 unspecified atom stereocenters. The zero-order chi connectivity index (χ0) is 19.5. The van der Waals surface area contributed by atoms with Gasteiger partial charge in [0.15, 0.2) is 0 Å². The van der Waals surface area contributed by atoms with Gasteiger partial charge < -0.3 is 15.0 Å². The number of likely N-dealkylation sites (N-methyl/N-ethyl adjacent to an activating group) is 1. The van der Waals surface area contributed by atoms with Gasteiger partial charge in [-0.2, -0.15) is 13.2 Å². The molecular weight excluding hydrogens is 353 g/mol. The van der Waals surface area contributed by atoms with Crippen molar-refractivity contribution in [2.24, 2.45) is 7.05 Å². The number of alkyl halides is 3. The third-order valence-corrected chi connectivity index (χ3v) is 3.45. The molecule has 2 amide bonds. The van der Waals surface area contributed by atoms with Crippen LogP contribution in [0.4, 0.5) is 18.9 Å². The van der Waals surface area contributed by atoms with E-state index in [1.807, 2.05) is 0 Å². The molecule has 0 bridgehead atoms. The van der Waals surface area contributed by atoms with Crippen LogP contribution < -0.4 is 10.1 Å². The zero-order valence-electron chi connectivity index (χ0n) is 14.3. The van der Waals surface area contributed by atoms with Gasteiger partial charge in [-0.1, -0.05) is 12.1 Å². The summed E-state index contributed by atoms with van der Waals surface area (Å²) in [6, 6.07) is 4.61. The van der Waals surface area contributed by atoms with Crippen LogP contribution in [0.25, 0.3) is 0 Å². The number of nitrogens with zero attached hydrogens (tertiary/aromatic N) is 3. The Morgan fingerprint density at radius 3 is 2.58 bits per heavy atom. The van der Waals surface area contributed by atoms with E-state index in [1.54, 1.807) is 7.05 Å². The van der Waals surface area contributed by atoms with Gasteiger partial charge in [0.05, 0.1) is 24.9 Å². The lowest BCUT2D eigenvalue weighted by Crippen LogP contribution is -2.35. The van der Waals surface area contributed by atoms with Crippen LogP contribution in [-0.4, -0.2) is 47.2 Å². The number of amides is 2. The molecule has 0 fully saturated rings. The van der Waals surface area contributed by atoms with Crippen molar-refractivity contribution in [1.29, 1.82) is 0 Å². The van der Waals surface area contributed by atoms with Crippen molar-refractivity contribution < 1.29 is 27.5 Å². The number of nitrogens with one attached hydrogen (secondary N) is 1. The maximum Gasteiger partial charge on any atom is 0.418 e. The summed E-state index contributed by atoms with van der Waals surface area (Å²) < 4.78 is 45.2. The summed E-state index contributed by atoms with van der Waals surface area (Å²) in [5.74, 6) is -1.22. The summed E-state index contributed by atoms with van der Waals surface area (Å²) in [6.07, 6.45) is -3.18. The number of methoxy groups -OCH3 is 1. The van der Waals surface area contributed by atoms with E-state index in [2.05, 4.69) is 10.4 Å². The number of anilines is 1. The molecule has 0 aliphatic carbocycles. The summed E-state index contributed by atoms with van der Waals surface area (Å²) in [4.78, 5) is 25.5. The third-order valence-electron chi connectivity index (χ3n) is 3.45. The maximum atomic E-state index is 13.0. The number of carbonyl (C=O) groups excluding carboxylic acids is 2. The van der Waals surface area contributed by atoms with Gasteiger partial charge in [0.25, 0.3) is 5.91 Å². The Hall–Kier alpha value is -3.04. The average molecular weight is 370 g/mol. The van der Waals surface area contributed by atoms with Gasteiger partial charge in [-0.25, -0.2) is 0 Å². The number of rotatable bonds is 5. The lowest BCUT2D eigenvalue weighted by Gasteiger charge is -2.18. The lowest BCUT2D eigenvalue weighted by molar-refractivity contribution is -0.137. The summed E-state index contributed by atoms with van der Waals surface area (Å²) in [5, 5.41) is 6.12. The van der Waals surface area contributed by atoms with Crippen LogP contribution in [0.1, 0.15) is 15.9 Å². The SMILES string of the molecule is COc1nn(C)cc1C(=O)N(C)CC(=O)Nc1ccccc1C(F)(F)F. The summed E-state index contributed by atoms with van der Waals surface area (Å²) >= 11 is 0. The molecule has 26 heavy (non-hydrogen) atoms. The molecule has 140 valence electrons. The minimum absolute atomic E-state index is 0.0900.